The molecule has 0 radical (unpaired) electrons. The van der Waals surface area contributed by atoms with Gasteiger partial charge in [-0.1, -0.05) is 61.9 Å². The fourth-order valence-corrected chi connectivity index (χ4v) is 4.14. The lowest BCUT2D eigenvalue weighted by Crippen LogP contribution is -2.47. The fraction of sp³-hybridized carbons (Fsp3) is 0.360. The van der Waals surface area contributed by atoms with Gasteiger partial charge in [0, 0.05) is 16.8 Å². The third kappa shape index (κ3) is 5.87. The van der Waals surface area contributed by atoms with Gasteiger partial charge in [0.25, 0.3) is 0 Å². The van der Waals surface area contributed by atoms with Gasteiger partial charge in [-0.2, -0.15) is 0 Å². The van der Waals surface area contributed by atoms with E-state index < -0.39 is 17.6 Å². The number of carbonyl (C=O) groups excluding carboxylic acids is 2. The van der Waals surface area contributed by atoms with Crippen molar-refractivity contribution in [3.05, 3.63) is 72.3 Å². The highest BCUT2D eigenvalue weighted by molar-refractivity contribution is 5.85. The standard InChI is InChI=1S/C25H30N2O4/c1-18-14-19(2)25(20(3)15-18,16-30-23(28)26-21-10-6-4-7-11-21)17-31-24(29)27-22-12-8-5-9-13-22/h4-14,19-20H,15-17H2,1-3H3,(H,26,28)(H,27,29)/t19-,20+/m0/s1. The van der Waals surface area contributed by atoms with E-state index in [9.17, 15) is 9.59 Å². The summed E-state index contributed by atoms with van der Waals surface area (Å²) in [5.41, 5.74) is 2.11. The molecule has 2 atom stereocenters. The number of para-hydroxylation sites is 2. The van der Waals surface area contributed by atoms with Gasteiger partial charge < -0.3 is 9.47 Å². The van der Waals surface area contributed by atoms with Crippen molar-refractivity contribution in [2.45, 2.75) is 27.2 Å². The highest BCUT2D eigenvalue weighted by Gasteiger charge is 2.45. The van der Waals surface area contributed by atoms with Gasteiger partial charge in [0.05, 0.1) is 0 Å². The molecule has 3 rings (SSSR count). The smallest absolute Gasteiger partial charge is 0.411 e. The molecule has 0 bridgehead atoms. The van der Waals surface area contributed by atoms with E-state index >= 15 is 0 Å². The molecule has 31 heavy (non-hydrogen) atoms. The summed E-state index contributed by atoms with van der Waals surface area (Å²) in [6.07, 6.45) is 1.99. The molecule has 0 aromatic heterocycles. The zero-order chi connectivity index (χ0) is 22.3. The number of carbonyl (C=O) groups is 2. The molecule has 0 spiro atoms. The lowest BCUT2D eigenvalue weighted by atomic mass is 9.63. The van der Waals surface area contributed by atoms with Crippen LogP contribution >= 0.6 is 0 Å². The number of rotatable bonds is 6. The van der Waals surface area contributed by atoms with Crippen molar-refractivity contribution in [2.75, 3.05) is 23.8 Å². The van der Waals surface area contributed by atoms with E-state index in [-0.39, 0.29) is 25.0 Å². The van der Waals surface area contributed by atoms with Gasteiger partial charge >= 0.3 is 12.2 Å². The summed E-state index contributed by atoms with van der Waals surface area (Å²) in [5.74, 6) is 0.242. The SMILES string of the molecule is CC1=C[C@H](C)C(COC(=O)Nc2ccccc2)(COC(=O)Nc2ccccc2)[C@H](C)C1. The maximum atomic E-state index is 12.4. The van der Waals surface area contributed by atoms with Crippen LogP contribution in [0, 0.1) is 17.3 Å². The lowest BCUT2D eigenvalue weighted by molar-refractivity contribution is -0.0314. The number of benzene rings is 2. The van der Waals surface area contributed by atoms with Crippen LogP contribution in [-0.2, 0) is 9.47 Å². The van der Waals surface area contributed by atoms with Crippen LogP contribution in [0.3, 0.4) is 0 Å². The zero-order valence-corrected chi connectivity index (χ0v) is 18.3. The van der Waals surface area contributed by atoms with E-state index in [0.717, 1.165) is 6.42 Å². The largest absolute Gasteiger partial charge is 0.449 e. The third-order valence-electron chi connectivity index (χ3n) is 6.04. The molecule has 2 N–H and O–H groups in total. The Morgan fingerprint density at radius 2 is 1.32 bits per heavy atom. The molecule has 1 aliphatic rings. The van der Waals surface area contributed by atoms with Gasteiger partial charge in [0.2, 0.25) is 0 Å². The number of ether oxygens (including phenoxy) is 2. The molecule has 0 aliphatic heterocycles. The Kier molecular flexibility index (Phi) is 7.34. The lowest BCUT2D eigenvalue weighted by Gasteiger charge is -2.44. The molecule has 2 aromatic carbocycles. The van der Waals surface area contributed by atoms with Crippen molar-refractivity contribution in [2.24, 2.45) is 17.3 Å². The summed E-state index contributed by atoms with van der Waals surface area (Å²) in [4.78, 5) is 24.8. The van der Waals surface area contributed by atoms with Gasteiger partial charge in [0.15, 0.2) is 0 Å². The first-order valence-corrected chi connectivity index (χ1v) is 10.5. The van der Waals surface area contributed by atoms with Crippen LogP contribution in [0.15, 0.2) is 72.3 Å². The quantitative estimate of drug-likeness (QED) is 0.552. The topological polar surface area (TPSA) is 76.7 Å². The molecule has 2 aromatic rings. The minimum absolute atomic E-state index is 0.0744. The molecule has 6 nitrogen and oxygen atoms in total. The summed E-state index contributed by atoms with van der Waals surface area (Å²) in [6.45, 7) is 6.59. The first kappa shape index (κ1) is 22.4. The first-order valence-electron chi connectivity index (χ1n) is 10.5. The highest BCUT2D eigenvalue weighted by atomic mass is 16.6. The molecule has 1 aliphatic carbocycles. The van der Waals surface area contributed by atoms with Gasteiger partial charge in [-0.3, -0.25) is 10.6 Å². The van der Waals surface area contributed by atoms with Crippen molar-refractivity contribution in [1.29, 1.82) is 0 Å². The van der Waals surface area contributed by atoms with Gasteiger partial charge in [-0.05, 0) is 49.4 Å². The van der Waals surface area contributed by atoms with E-state index in [1.54, 1.807) is 24.3 Å². The van der Waals surface area contributed by atoms with Crippen molar-refractivity contribution in [1.82, 2.24) is 0 Å². The predicted octanol–water partition coefficient (Wildman–Crippen LogP) is 6.09. The van der Waals surface area contributed by atoms with Crippen molar-refractivity contribution in [3.8, 4) is 0 Å². The van der Waals surface area contributed by atoms with Crippen LogP contribution in [0.4, 0.5) is 21.0 Å². The summed E-state index contributed by atoms with van der Waals surface area (Å²) < 4.78 is 11.2. The fourth-order valence-electron chi connectivity index (χ4n) is 4.14. The maximum Gasteiger partial charge on any atom is 0.411 e. The second kappa shape index (κ2) is 10.2. The zero-order valence-electron chi connectivity index (χ0n) is 18.3. The summed E-state index contributed by atoms with van der Waals surface area (Å²) in [5, 5.41) is 5.48. The number of allylic oxidation sites excluding steroid dienone is 2. The summed E-state index contributed by atoms with van der Waals surface area (Å²) >= 11 is 0. The van der Waals surface area contributed by atoms with Crippen LogP contribution in [0.2, 0.25) is 0 Å². The minimum atomic E-state index is -0.523. The van der Waals surface area contributed by atoms with Crippen LogP contribution in [0.1, 0.15) is 27.2 Å². The molecule has 0 unspecified atom stereocenters. The number of anilines is 2. The molecule has 0 heterocycles. The Morgan fingerprint density at radius 3 is 1.74 bits per heavy atom. The van der Waals surface area contributed by atoms with Gasteiger partial charge in [0.1, 0.15) is 13.2 Å². The van der Waals surface area contributed by atoms with Crippen LogP contribution in [-0.4, -0.2) is 25.4 Å². The molecular weight excluding hydrogens is 392 g/mol. The Labute approximate surface area is 183 Å². The van der Waals surface area contributed by atoms with Crippen LogP contribution < -0.4 is 10.6 Å². The second-order valence-electron chi connectivity index (χ2n) is 8.27. The summed E-state index contributed by atoms with van der Waals surface area (Å²) in [7, 11) is 0. The Balaban J connectivity index is 1.67. The minimum Gasteiger partial charge on any atom is -0.449 e. The first-order chi connectivity index (χ1) is 14.9. The van der Waals surface area contributed by atoms with Crippen LogP contribution in [0.25, 0.3) is 0 Å². The molecular formula is C25H30N2O4. The molecule has 164 valence electrons. The number of hydrogen-bond donors (Lipinski definition) is 2. The molecule has 0 saturated heterocycles. The average Bonchev–Trinajstić information content (AvgIpc) is 2.74. The molecule has 2 amide bonds. The van der Waals surface area contributed by atoms with Crippen molar-refractivity contribution >= 4 is 23.6 Å². The molecule has 0 fully saturated rings. The Bertz CT molecular complexity index is 854. The van der Waals surface area contributed by atoms with Crippen LogP contribution in [0.5, 0.6) is 0 Å². The van der Waals surface area contributed by atoms with Crippen molar-refractivity contribution < 1.29 is 19.1 Å². The molecule has 0 saturated carbocycles. The second-order valence-corrected chi connectivity index (χ2v) is 8.27. The summed E-state index contributed by atoms with van der Waals surface area (Å²) in [6, 6.07) is 18.3. The van der Waals surface area contributed by atoms with Gasteiger partial charge in [-0.15, -0.1) is 0 Å². The predicted molar refractivity (Wildman–Crippen MR) is 122 cm³/mol. The van der Waals surface area contributed by atoms with Gasteiger partial charge in [-0.25, -0.2) is 9.59 Å². The molecule has 6 heteroatoms. The van der Waals surface area contributed by atoms with E-state index in [1.807, 2.05) is 36.4 Å². The van der Waals surface area contributed by atoms with E-state index in [0.29, 0.717) is 11.4 Å². The number of hydrogen-bond acceptors (Lipinski definition) is 4. The van der Waals surface area contributed by atoms with E-state index in [4.69, 9.17) is 9.47 Å². The van der Waals surface area contributed by atoms with Crippen molar-refractivity contribution in [3.63, 3.8) is 0 Å². The third-order valence-corrected chi connectivity index (χ3v) is 6.04. The highest BCUT2D eigenvalue weighted by Crippen LogP contribution is 2.45. The average molecular weight is 423 g/mol. The Hall–Kier alpha value is -3.28. The van der Waals surface area contributed by atoms with E-state index in [2.05, 4.69) is 37.5 Å². The Morgan fingerprint density at radius 1 is 0.871 bits per heavy atom. The monoisotopic (exact) mass is 422 g/mol. The van der Waals surface area contributed by atoms with E-state index in [1.165, 1.54) is 5.57 Å². The number of nitrogens with one attached hydrogen (secondary N) is 2. The number of amides is 2. The maximum absolute atomic E-state index is 12.4. The normalized spacial score (nSPS) is 19.6.